The molecule has 1 aromatic heterocycles. The van der Waals surface area contributed by atoms with Crippen LogP contribution in [0, 0.1) is 11.7 Å². The average molecular weight is 391 g/mol. The molecule has 3 rings (SSSR count). The van der Waals surface area contributed by atoms with Gasteiger partial charge in [-0.2, -0.15) is 0 Å². The summed E-state index contributed by atoms with van der Waals surface area (Å²) in [6.45, 7) is 7.81. The molecule has 7 heteroatoms. The second-order valence-electron chi connectivity index (χ2n) is 7.51. The molecule has 0 radical (unpaired) electrons. The van der Waals surface area contributed by atoms with Gasteiger partial charge in [0.2, 0.25) is 5.91 Å². The van der Waals surface area contributed by atoms with E-state index in [1.54, 1.807) is 18.2 Å². The number of rotatable bonds is 6. The average Bonchev–Trinajstić information content (AvgIpc) is 3.02. The van der Waals surface area contributed by atoms with Crippen molar-refractivity contribution >= 4 is 17.7 Å². The Bertz CT molecular complexity index is 792. The van der Waals surface area contributed by atoms with Gasteiger partial charge in [-0.25, -0.2) is 4.39 Å². The van der Waals surface area contributed by atoms with Crippen LogP contribution in [0.25, 0.3) is 11.4 Å². The maximum atomic E-state index is 14.3. The zero-order valence-corrected chi connectivity index (χ0v) is 17.0. The van der Waals surface area contributed by atoms with Crippen LogP contribution in [0.3, 0.4) is 0 Å². The molecule has 1 atom stereocenters. The minimum Gasteiger partial charge on any atom is -0.339 e. The third kappa shape index (κ3) is 4.69. The van der Waals surface area contributed by atoms with Crippen LogP contribution in [0.4, 0.5) is 4.39 Å². The molecule has 0 aliphatic carbocycles. The first-order chi connectivity index (χ1) is 13.0. The number of aromatic nitrogens is 3. The predicted molar refractivity (Wildman–Crippen MR) is 106 cm³/mol. The lowest BCUT2D eigenvalue weighted by Crippen LogP contribution is -2.43. The molecule has 1 aliphatic rings. The fourth-order valence-electron chi connectivity index (χ4n) is 3.44. The SMILES string of the molecule is CC(C)Cn1c(SCC(=O)N2CCCC[C@H]2C)nnc1-c1ccccc1F. The van der Waals surface area contributed by atoms with Crippen molar-refractivity contribution < 1.29 is 9.18 Å². The number of piperidine rings is 1. The van der Waals surface area contributed by atoms with Crippen molar-refractivity contribution in [3.8, 4) is 11.4 Å². The van der Waals surface area contributed by atoms with Crippen LogP contribution >= 0.6 is 11.8 Å². The Morgan fingerprint density at radius 1 is 1.30 bits per heavy atom. The number of halogens is 1. The second kappa shape index (κ2) is 8.87. The summed E-state index contributed by atoms with van der Waals surface area (Å²) >= 11 is 1.39. The van der Waals surface area contributed by atoms with Gasteiger partial charge in [-0.15, -0.1) is 10.2 Å². The van der Waals surface area contributed by atoms with Crippen LogP contribution in [0.2, 0.25) is 0 Å². The van der Waals surface area contributed by atoms with E-state index in [-0.39, 0.29) is 11.7 Å². The molecule has 2 aromatic rings. The molecule has 1 saturated heterocycles. The Kier molecular flexibility index (Phi) is 6.52. The summed E-state index contributed by atoms with van der Waals surface area (Å²) < 4.78 is 16.2. The normalized spacial score (nSPS) is 17.5. The highest BCUT2D eigenvalue weighted by Crippen LogP contribution is 2.27. The van der Waals surface area contributed by atoms with Gasteiger partial charge in [0, 0.05) is 19.1 Å². The smallest absolute Gasteiger partial charge is 0.233 e. The second-order valence-corrected chi connectivity index (χ2v) is 8.45. The topological polar surface area (TPSA) is 51.0 Å². The number of likely N-dealkylation sites (tertiary alicyclic amines) is 1. The van der Waals surface area contributed by atoms with Gasteiger partial charge < -0.3 is 9.47 Å². The Balaban J connectivity index is 1.79. The van der Waals surface area contributed by atoms with Crippen molar-refractivity contribution in [3.05, 3.63) is 30.1 Å². The number of hydrogen-bond donors (Lipinski definition) is 0. The van der Waals surface area contributed by atoms with E-state index in [2.05, 4.69) is 31.0 Å². The molecule has 146 valence electrons. The molecule has 5 nitrogen and oxygen atoms in total. The predicted octanol–water partition coefficient (Wildman–Crippen LogP) is 4.23. The number of nitrogens with zero attached hydrogens (tertiary/aromatic N) is 4. The lowest BCUT2D eigenvalue weighted by Gasteiger charge is -2.33. The van der Waals surface area contributed by atoms with E-state index in [0.717, 1.165) is 19.4 Å². The molecule has 27 heavy (non-hydrogen) atoms. The Hall–Kier alpha value is -1.89. The largest absolute Gasteiger partial charge is 0.339 e. The Morgan fingerprint density at radius 3 is 2.78 bits per heavy atom. The highest BCUT2D eigenvalue weighted by atomic mass is 32.2. The molecule has 1 aromatic carbocycles. The summed E-state index contributed by atoms with van der Waals surface area (Å²) in [5.74, 6) is 1.02. The first-order valence-corrected chi connectivity index (χ1v) is 10.6. The van der Waals surface area contributed by atoms with Gasteiger partial charge in [-0.1, -0.05) is 37.7 Å². The molecule has 1 fully saturated rings. The van der Waals surface area contributed by atoms with Crippen molar-refractivity contribution in [2.45, 2.75) is 57.8 Å². The first kappa shape index (κ1) is 19.9. The maximum absolute atomic E-state index is 14.3. The summed E-state index contributed by atoms with van der Waals surface area (Å²) in [6, 6.07) is 6.90. The van der Waals surface area contributed by atoms with Crippen LogP contribution in [-0.4, -0.2) is 43.9 Å². The number of thioether (sulfide) groups is 1. The molecule has 1 aliphatic heterocycles. The first-order valence-electron chi connectivity index (χ1n) is 9.57. The minimum atomic E-state index is -0.315. The Labute approximate surface area is 164 Å². The molecular weight excluding hydrogens is 363 g/mol. The summed E-state index contributed by atoms with van der Waals surface area (Å²) in [6.07, 6.45) is 3.33. The standard InChI is InChI=1S/C20H27FN4OS/c1-14(2)12-25-19(16-9-4-5-10-17(16)21)22-23-20(25)27-13-18(26)24-11-7-6-8-15(24)3/h4-5,9-10,14-15H,6-8,11-13H2,1-3H3/t15-/m1/s1. The van der Waals surface area contributed by atoms with E-state index >= 15 is 0 Å². The van der Waals surface area contributed by atoms with Crippen molar-refractivity contribution in [1.29, 1.82) is 0 Å². The molecule has 1 amide bonds. The lowest BCUT2D eigenvalue weighted by molar-refractivity contribution is -0.131. The van der Waals surface area contributed by atoms with E-state index in [4.69, 9.17) is 0 Å². The minimum absolute atomic E-state index is 0.138. The van der Waals surface area contributed by atoms with Crippen LogP contribution in [0.15, 0.2) is 29.4 Å². The van der Waals surface area contributed by atoms with Gasteiger partial charge >= 0.3 is 0 Å². The van der Waals surface area contributed by atoms with E-state index in [1.165, 1.54) is 24.2 Å². The number of benzene rings is 1. The molecule has 0 N–H and O–H groups in total. The fourth-order valence-corrected chi connectivity index (χ4v) is 4.28. The van der Waals surface area contributed by atoms with Gasteiger partial charge in [0.15, 0.2) is 11.0 Å². The summed E-state index contributed by atoms with van der Waals surface area (Å²) in [5.41, 5.74) is 0.438. The van der Waals surface area contributed by atoms with Crippen molar-refractivity contribution in [2.24, 2.45) is 5.92 Å². The summed E-state index contributed by atoms with van der Waals surface area (Å²) in [4.78, 5) is 14.6. The molecule has 0 spiro atoms. The fraction of sp³-hybridized carbons (Fsp3) is 0.550. The van der Waals surface area contributed by atoms with Crippen LogP contribution in [0.1, 0.15) is 40.0 Å². The number of amides is 1. The lowest BCUT2D eigenvalue weighted by atomic mass is 10.0. The molecule has 0 unspecified atom stereocenters. The summed E-state index contributed by atoms with van der Waals surface area (Å²) in [7, 11) is 0. The van der Waals surface area contributed by atoms with E-state index in [9.17, 15) is 9.18 Å². The molecular formula is C20H27FN4OS. The van der Waals surface area contributed by atoms with Gasteiger partial charge in [0.1, 0.15) is 5.82 Å². The monoisotopic (exact) mass is 390 g/mol. The third-order valence-electron chi connectivity index (χ3n) is 4.83. The van der Waals surface area contributed by atoms with E-state index in [0.29, 0.717) is 40.8 Å². The van der Waals surface area contributed by atoms with Gasteiger partial charge in [0.25, 0.3) is 0 Å². The summed E-state index contributed by atoms with van der Waals surface area (Å²) in [5, 5.41) is 9.16. The van der Waals surface area contributed by atoms with Crippen LogP contribution in [0.5, 0.6) is 0 Å². The zero-order valence-electron chi connectivity index (χ0n) is 16.2. The van der Waals surface area contributed by atoms with E-state index < -0.39 is 0 Å². The zero-order chi connectivity index (χ0) is 19.4. The highest BCUT2D eigenvalue weighted by Gasteiger charge is 2.24. The molecule has 0 bridgehead atoms. The van der Waals surface area contributed by atoms with Gasteiger partial charge in [0.05, 0.1) is 11.3 Å². The number of hydrogen-bond acceptors (Lipinski definition) is 4. The van der Waals surface area contributed by atoms with Gasteiger partial charge in [-0.3, -0.25) is 4.79 Å². The van der Waals surface area contributed by atoms with Crippen LogP contribution in [-0.2, 0) is 11.3 Å². The highest BCUT2D eigenvalue weighted by molar-refractivity contribution is 7.99. The van der Waals surface area contributed by atoms with Crippen molar-refractivity contribution in [1.82, 2.24) is 19.7 Å². The van der Waals surface area contributed by atoms with Crippen molar-refractivity contribution in [2.75, 3.05) is 12.3 Å². The maximum Gasteiger partial charge on any atom is 0.233 e. The number of carbonyl (C=O) groups excluding carboxylic acids is 1. The van der Waals surface area contributed by atoms with Crippen LogP contribution < -0.4 is 0 Å². The van der Waals surface area contributed by atoms with Gasteiger partial charge in [-0.05, 0) is 44.2 Å². The molecule has 0 saturated carbocycles. The molecule has 2 heterocycles. The van der Waals surface area contributed by atoms with E-state index in [1.807, 2.05) is 9.47 Å². The Morgan fingerprint density at radius 2 is 2.07 bits per heavy atom. The van der Waals surface area contributed by atoms with Crippen molar-refractivity contribution in [3.63, 3.8) is 0 Å². The number of carbonyl (C=O) groups is 1. The quantitative estimate of drug-likeness (QED) is 0.693. The third-order valence-corrected chi connectivity index (χ3v) is 5.78.